The number of nitrogens with zero attached hydrogens (tertiary/aromatic N) is 1. The number of rotatable bonds is 4. The fourth-order valence-corrected chi connectivity index (χ4v) is 1.79. The maximum Gasteiger partial charge on any atom is 0.336 e. The van der Waals surface area contributed by atoms with Gasteiger partial charge >= 0.3 is 5.97 Å². The molecule has 1 amide bonds. The number of anilines is 1. The van der Waals surface area contributed by atoms with Gasteiger partial charge in [-0.2, -0.15) is 0 Å². The zero-order chi connectivity index (χ0) is 15.6. The largest absolute Gasteiger partial charge is 0.478 e. The summed E-state index contributed by atoms with van der Waals surface area (Å²) in [5.74, 6) is -0.717. The maximum absolute atomic E-state index is 12.0. The van der Waals surface area contributed by atoms with E-state index in [2.05, 4.69) is 10.5 Å². The number of aryl methyl sites for hydroxylation is 1. The van der Waals surface area contributed by atoms with Gasteiger partial charge in [0.2, 0.25) is 0 Å². The fourth-order valence-electron chi connectivity index (χ4n) is 1.79. The van der Waals surface area contributed by atoms with E-state index in [0.29, 0.717) is 17.0 Å². The van der Waals surface area contributed by atoms with E-state index in [1.807, 2.05) is 13.8 Å². The minimum atomic E-state index is -1.04. The lowest BCUT2D eigenvalue weighted by molar-refractivity contribution is 0.0695. The highest BCUT2D eigenvalue weighted by molar-refractivity contribution is 6.03. The smallest absolute Gasteiger partial charge is 0.336 e. The van der Waals surface area contributed by atoms with Gasteiger partial charge in [0.15, 0.2) is 5.69 Å². The van der Waals surface area contributed by atoms with Crippen LogP contribution < -0.4 is 5.32 Å². The van der Waals surface area contributed by atoms with Crippen LogP contribution in [-0.4, -0.2) is 22.1 Å². The third-order valence-corrected chi connectivity index (χ3v) is 3.06. The molecule has 2 aromatic rings. The highest BCUT2D eigenvalue weighted by Gasteiger charge is 2.15. The Bertz CT molecular complexity index is 689. The lowest BCUT2D eigenvalue weighted by Crippen LogP contribution is -2.13. The Kier molecular flexibility index (Phi) is 4.07. The summed E-state index contributed by atoms with van der Waals surface area (Å²) in [5.41, 5.74) is 1.34. The number of carbonyl (C=O) groups excluding carboxylic acids is 1. The lowest BCUT2D eigenvalue weighted by Gasteiger charge is -2.06. The van der Waals surface area contributed by atoms with Crippen LogP contribution in [-0.2, 0) is 0 Å². The molecule has 0 saturated heterocycles. The number of benzene rings is 1. The standard InChI is InChI=1S/C15H16N2O4/c1-8(2)13-7-12(17-21-13)14(18)16-10-5-4-9(3)11(6-10)15(19)20/h4-8H,1-3H3,(H,16,18)(H,19,20). The molecule has 6 nitrogen and oxygen atoms in total. The monoisotopic (exact) mass is 288 g/mol. The molecule has 2 rings (SSSR count). The fraction of sp³-hybridized carbons (Fsp3) is 0.267. The summed E-state index contributed by atoms with van der Waals surface area (Å²) in [7, 11) is 0. The Morgan fingerprint density at radius 3 is 2.57 bits per heavy atom. The number of hydrogen-bond donors (Lipinski definition) is 2. The Balaban J connectivity index is 2.19. The molecule has 0 aliphatic carbocycles. The van der Waals surface area contributed by atoms with Crippen molar-refractivity contribution in [2.45, 2.75) is 26.7 Å². The number of hydrogen-bond acceptors (Lipinski definition) is 4. The second kappa shape index (κ2) is 5.78. The molecular weight excluding hydrogens is 272 g/mol. The average Bonchev–Trinajstić information content (AvgIpc) is 2.90. The van der Waals surface area contributed by atoms with Gasteiger partial charge in [0.1, 0.15) is 5.76 Å². The van der Waals surface area contributed by atoms with Crippen molar-refractivity contribution in [1.29, 1.82) is 0 Å². The van der Waals surface area contributed by atoms with Gasteiger partial charge in [0.25, 0.3) is 5.91 Å². The van der Waals surface area contributed by atoms with Crippen molar-refractivity contribution in [3.8, 4) is 0 Å². The number of amides is 1. The van der Waals surface area contributed by atoms with Crippen LogP contribution in [0, 0.1) is 6.92 Å². The van der Waals surface area contributed by atoms with E-state index in [4.69, 9.17) is 9.63 Å². The number of aromatic carboxylic acids is 1. The highest BCUT2D eigenvalue weighted by atomic mass is 16.5. The Labute approximate surface area is 121 Å². The molecule has 1 heterocycles. The number of carboxylic acids is 1. The first kappa shape index (κ1) is 14.8. The van der Waals surface area contributed by atoms with Crippen LogP contribution in [0.1, 0.15) is 51.9 Å². The van der Waals surface area contributed by atoms with Gasteiger partial charge in [-0.05, 0) is 24.6 Å². The predicted octanol–water partition coefficient (Wildman–Crippen LogP) is 3.06. The van der Waals surface area contributed by atoms with E-state index >= 15 is 0 Å². The van der Waals surface area contributed by atoms with Crippen molar-refractivity contribution in [1.82, 2.24) is 5.16 Å². The Morgan fingerprint density at radius 2 is 2.00 bits per heavy atom. The predicted molar refractivity (Wildman–Crippen MR) is 76.7 cm³/mol. The Morgan fingerprint density at radius 1 is 1.29 bits per heavy atom. The maximum atomic E-state index is 12.0. The van der Waals surface area contributed by atoms with E-state index in [-0.39, 0.29) is 17.2 Å². The first-order valence-electron chi connectivity index (χ1n) is 6.50. The first-order chi connectivity index (χ1) is 9.88. The van der Waals surface area contributed by atoms with E-state index in [1.54, 1.807) is 25.1 Å². The van der Waals surface area contributed by atoms with Crippen molar-refractivity contribution in [3.63, 3.8) is 0 Å². The summed E-state index contributed by atoms with van der Waals surface area (Å²) >= 11 is 0. The van der Waals surface area contributed by atoms with Crippen molar-refractivity contribution in [2.75, 3.05) is 5.32 Å². The molecule has 110 valence electrons. The highest BCUT2D eigenvalue weighted by Crippen LogP contribution is 2.18. The normalized spacial score (nSPS) is 10.7. The van der Waals surface area contributed by atoms with Gasteiger partial charge in [-0.25, -0.2) is 4.79 Å². The molecule has 1 aromatic carbocycles. The van der Waals surface area contributed by atoms with Crippen molar-refractivity contribution < 1.29 is 19.2 Å². The molecule has 6 heteroatoms. The molecule has 0 aliphatic rings. The summed E-state index contributed by atoms with van der Waals surface area (Å²) in [6, 6.07) is 6.27. The van der Waals surface area contributed by atoms with Gasteiger partial charge in [-0.1, -0.05) is 25.1 Å². The third-order valence-electron chi connectivity index (χ3n) is 3.06. The molecule has 0 atom stereocenters. The summed E-state index contributed by atoms with van der Waals surface area (Å²) in [6.45, 7) is 5.56. The van der Waals surface area contributed by atoms with Gasteiger partial charge in [-0.3, -0.25) is 4.79 Å². The molecule has 0 saturated carbocycles. The molecule has 0 fully saturated rings. The molecule has 1 aromatic heterocycles. The number of nitrogens with one attached hydrogen (secondary N) is 1. The second-order valence-electron chi connectivity index (χ2n) is 5.06. The van der Waals surface area contributed by atoms with Gasteiger partial charge < -0.3 is 14.9 Å². The third kappa shape index (κ3) is 3.28. The van der Waals surface area contributed by atoms with Crippen LogP contribution >= 0.6 is 0 Å². The van der Waals surface area contributed by atoms with Crippen molar-refractivity contribution in [2.24, 2.45) is 0 Å². The van der Waals surface area contributed by atoms with Crippen molar-refractivity contribution in [3.05, 3.63) is 46.8 Å². The number of carboxylic acid groups (broad SMARTS) is 1. The minimum absolute atomic E-state index is 0.136. The second-order valence-corrected chi connectivity index (χ2v) is 5.06. The van der Waals surface area contributed by atoms with Crippen LogP contribution in [0.5, 0.6) is 0 Å². The molecule has 0 aliphatic heterocycles. The molecule has 0 bridgehead atoms. The number of aromatic nitrogens is 1. The minimum Gasteiger partial charge on any atom is -0.478 e. The zero-order valence-corrected chi connectivity index (χ0v) is 12.0. The van der Waals surface area contributed by atoms with Crippen LogP contribution in [0.15, 0.2) is 28.8 Å². The lowest BCUT2D eigenvalue weighted by atomic mass is 10.1. The molecular formula is C15H16N2O4. The summed E-state index contributed by atoms with van der Waals surface area (Å²) in [4.78, 5) is 23.1. The molecule has 0 unspecified atom stereocenters. The van der Waals surface area contributed by atoms with Crippen LogP contribution in [0.3, 0.4) is 0 Å². The topological polar surface area (TPSA) is 92.4 Å². The molecule has 0 radical (unpaired) electrons. The van der Waals surface area contributed by atoms with E-state index in [1.165, 1.54) is 6.07 Å². The molecule has 21 heavy (non-hydrogen) atoms. The van der Waals surface area contributed by atoms with Crippen LogP contribution in [0.2, 0.25) is 0 Å². The van der Waals surface area contributed by atoms with E-state index < -0.39 is 11.9 Å². The van der Waals surface area contributed by atoms with Crippen LogP contribution in [0.25, 0.3) is 0 Å². The summed E-state index contributed by atoms with van der Waals surface area (Å²) in [5, 5.41) is 15.4. The summed E-state index contributed by atoms with van der Waals surface area (Å²) < 4.78 is 5.06. The average molecular weight is 288 g/mol. The molecule has 2 N–H and O–H groups in total. The van der Waals surface area contributed by atoms with Gasteiger partial charge in [0, 0.05) is 17.7 Å². The quantitative estimate of drug-likeness (QED) is 0.902. The van der Waals surface area contributed by atoms with E-state index in [0.717, 1.165) is 0 Å². The number of carbonyl (C=O) groups is 2. The van der Waals surface area contributed by atoms with Gasteiger partial charge in [0.05, 0.1) is 5.56 Å². The first-order valence-corrected chi connectivity index (χ1v) is 6.50. The zero-order valence-electron chi connectivity index (χ0n) is 12.0. The van der Waals surface area contributed by atoms with Crippen LogP contribution in [0.4, 0.5) is 5.69 Å². The SMILES string of the molecule is Cc1ccc(NC(=O)c2cc(C(C)C)on2)cc1C(=O)O. The molecule has 0 spiro atoms. The van der Waals surface area contributed by atoms with Gasteiger partial charge in [-0.15, -0.1) is 0 Å². The Hall–Kier alpha value is -2.63. The van der Waals surface area contributed by atoms with E-state index in [9.17, 15) is 9.59 Å². The van der Waals surface area contributed by atoms with Crippen molar-refractivity contribution >= 4 is 17.6 Å². The summed E-state index contributed by atoms with van der Waals surface area (Å²) in [6.07, 6.45) is 0.